The van der Waals surface area contributed by atoms with Crippen molar-refractivity contribution in [1.82, 2.24) is 9.97 Å². The Morgan fingerprint density at radius 2 is 2.33 bits per heavy atom. The summed E-state index contributed by atoms with van der Waals surface area (Å²) in [5.41, 5.74) is 4.62. The molecule has 0 bridgehead atoms. The summed E-state index contributed by atoms with van der Waals surface area (Å²) in [7, 11) is 1.84. The van der Waals surface area contributed by atoms with Gasteiger partial charge in [-0.3, -0.25) is 4.79 Å². The van der Waals surface area contributed by atoms with Crippen molar-refractivity contribution in [3.63, 3.8) is 0 Å². The number of aromatic nitrogens is 2. The number of hydrogen-bond donors (Lipinski definition) is 1. The van der Waals surface area contributed by atoms with Gasteiger partial charge in [-0.05, 0) is 24.1 Å². The molecular weight excluding hydrogens is 264 g/mol. The van der Waals surface area contributed by atoms with E-state index in [9.17, 15) is 4.79 Å². The molecule has 0 saturated carbocycles. The molecule has 1 aromatic carbocycles. The molecule has 2 aromatic rings. The smallest absolute Gasteiger partial charge is 0.226 e. The van der Waals surface area contributed by atoms with Gasteiger partial charge in [0.15, 0.2) is 0 Å². The zero-order chi connectivity index (χ0) is 14.8. The summed E-state index contributed by atoms with van der Waals surface area (Å²) >= 11 is 0. The van der Waals surface area contributed by atoms with Gasteiger partial charge in [0.25, 0.3) is 0 Å². The molecule has 2 heterocycles. The van der Waals surface area contributed by atoms with E-state index in [1.165, 1.54) is 11.3 Å². The summed E-state index contributed by atoms with van der Waals surface area (Å²) in [4.78, 5) is 23.1. The lowest BCUT2D eigenvalue weighted by atomic mass is 10.1. The van der Waals surface area contributed by atoms with E-state index in [2.05, 4.69) is 27.0 Å². The lowest BCUT2D eigenvalue weighted by molar-refractivity contribution is -0.118. The second-order valence-electron chi connectivity index (χ2n) is 5.37. The van der Waals surface area contributed by atoms with Gasteiger partial charge in [-0.2, -0.15) is 0 Å². The number of nitrogens with zero attached hydrogens (tertiary/aromatic N) is 3. The van der Waals surface area contributed by atoms with Crippen LogP contribution >= 0.6 is 0 Å². The fourth-order valence-electron chi connectivity index (χ4n) is 2.76. The van der Waals surface area contributed by atoms with Gasteiger partial charge >= 0.3 is 0 Å². The molecule has 1 amide bonds. The molecule has 1 aliphatic heterocycles. The molecule has 3 rings (SSSR count). The molecule has 0 radical (unpaired) electrons. The van der Waals surface area contributed by atoms with Gasteiger partial charge in [-0.1, -0.05) is 13.0 Å². The molecular formula is C16H20N4O. The summed E-state index contributed by atoms with van der Waals surface area (Å²) in [6.45, 7) is 3.71. The molecule has 0 saturated heterocycles. The van der Waals surface area contributed by atoms with E-state index in [0.717, 1.165) is 30.9 Å². The SMILES string of the molecule is CCC(=O)N(C)c1ccc2c(c1)N(Cc1cnc[nH]1)CC2. The van der Waals surface area contributed by atoms with E-state index in [1.807, 2.05) is 26.2 Å². The van der Waals surface area contributed by atoms with Crippen LogP contribution < -0.4 is 9.80 Å². The quantitative estimate of drug-likeness (QED) is 0.937. The number of carbonyl (C=O) groups excluding carboxylic acids is 1. The van der Waals surface area contributed by atoms with E-state index in [-0.39, 0.29) is 5.91 Å². The zero-order valence-corrected chi connectivity index (χ0v) is 12.5. The number of anilines is 2. The number of hydrogen-bond acceptors (Lipinski definition) is 3. The predicted octanol–water partition coefficient (Wildman–Crippen LogP) is 2.35. The first-order valence-electron chi connectivity index (χ1n) is 7.30. The standard InChI is InChI=1S/C16H20N4O/c1-3-16(21)19(2)14-5-4-12-6-7-20(15(12)8-14)10-13-9-17-11-18-13/h4-5,8-9,11H,3,6-7,10H2,1-2H3,(H,17,18). The molecule has 21 heavy (non-hydrogen) atoms. The number of fused-ring (bicyclic) bond motifs is 1. The molecule has 0 atom stereocenters. The molecule has 0 fully saturated rings. The topological polar surface area (TPSA) is 52.2 Å². The average molecular weight is 284 g/mol. The molecule has 1 aromatic heterocycles. The molecule has 110 valence electrons. The molecule has 0 unspecified atom stereocenters. The van der Waals surface area contributed by atoms with Crippen molar-refractivity contribution >= 4 is 17.3 Å². The van der Waals surface area contributed by atoms with Crippen LogP contribution in [0.1, 0.15) is 24.6 Å². The van der Waals surface area contributed by atoms with Gasteiger partial charge in [0.05, 0.1) is 18.6 Å². The van der Waals surface area contributed by atoms with Crippen molar-refractivity contribution in [2.24, 2.45) is 0 Å². The number of benzene rings is 1. The Morgan fingerprint density at radius 1 is 1.48 bits per heavy atom. The molecule has 5 heteroatoms. The van der Waals surface area contributed by atoms with Crippen LogP contribution in [0.25, 0.3) is 0 Å². The maximum Gasteiger partial charge on any atom is 0.226 e. The lowest BCUT2D eigenvalue weighted by Gasteiger charge is -2.22. The van der Waals surface area contributed by atoms with Gasteiger partial charge in [-0.25, -0.2) is 4.98 Å². The lowest BCUT2D eigenvalue weighted by Crippen LogP contribution is -2.25. The van der Waals surface area contributed by atoms with Crippen LogP contribution in [0.5, 0.6) is 0 Å². The average Bonchev–Trinajstić information content (AvgIpc) is 3.16. The summed E-state index contributed by atoms with van der Waals surface area (Å²) in [6.07, 6.45) is 5.13. The summed E-state index contributed by atoms with van der Waals surface area (Å²) in [6, 6.07) is 6.29. The summed E-state index contributed by atoms with van der Waals surface area (Å²) in [5, 5.41) is 0. The minimum Gasteiger partial charge on any atom is -0.365 e. The van der Waals surface area contributed by atoms with Crippen LogP contribution in [0.15, 0.2) is 30.7 Å². The molecule has 0 spiro atoms. The number of rotatable bonds is 4. The Kier molecular flexibility index (Phi) is 3.64. The molecule has 5 nitrogen and oxygen atoms in total. The monoisotopic (exact) mass is 284 g/mol. The van der Waals surface area contributed by atoms with Crippen LogP contribution in [0.2, 0.25) is 0 Å². The third kappa shape index (κ3) is 2.63. The van der Waals surface area contributed by atoms with Crippen molar-refractivity contribution < 1.29 is 4.79 Å². The highest BCUT2D eigenvalue weighted by molar-refractivity contribution is 5.93. The second kappa shape index (κ2) is 5.60. The highest BCUT2D eigenvalue weighted by Gasteiger charge is 2.21. The van der Waals surface area contributed by atoms with Gasteiger partial charge in [-0.15, -0.1) is 0 Å². The van der Waals surface area contributed by atoms with Gasteiger partial charge < -0.3 is 14.8 Å². The number of H-pyrrole nitrogens is 1. The Morgan fingerprint density at radius 3 is 3.05 bits per heavy atom. The molecule has 0 aliphatic carbocycles. The van der Waals surface area contributed by atoms with Gasteiger partial charge in [0.1, 0.15) is 0 Å². The Balaban J connectivity index is 1.85. The van der Waals surface area contributed by atoms with Crippen LogP contribution in [0.3, 0.4) is 0 Å². The van der Waals surface area contributed by atoms with E-state index >= 15 is 0 Å². The van der Waals surface area contributed by atoms with E-state index in [4.69, 9.17) is 0 Å². The van der Waals surface area contributed by atoms with Crippen LogP contribution in [0.4, 0.5) is 11.4 Å². The molecule has 1 N–H and O–H groups in total. The highest BCUT2D eigenvalue weighted by atomic mass is 16.2. The van der Waals surface area contributed by atoms with Crippen molar-refractivity contribution in [3.05, 3.63) is 42.0 Å². The minimum absolute atomic E-state index is 0.132. The summed E-state index contributed by atoms with van der Waals surface area (Å²) < 4.78 is 0. The van der Waals surface area contributed by atoms with Crippen molar-refractivity contribution in [3.8, 4) is 0 Å². The van der Waals surface area contributed by atoms with E-state index in [0.29, 0.717) is 6.42 Å². The molecule has 1 aliphatic rings. The predicted molar refractivity (Wildman–Crippen MR) is 83.5 cm³/mol. The summed E-state index contributed by atoms with van der Waals surface area (Å²) in [5.74, 6) is 0.132. The third-order valence-electron chi connectivity index (χ3n) is 4.04. The van der Waals surface area contributed by atoms with Crippen LogP contribution in [-0.4, -0.2) is 29.5 Å². The maximum absolute atomic E-state index is 11.8. The van der Waals surface area contributed by atoms with E-state index in [1.54, 1.807) is 11.2 Å². The van der Waals surface area contributed by atoms with Crippen LogP contribution in [0, 0.1) is 0 Å². The maximum atomic E-state index is 11.8. The number of nitrogens with one attached hydrogen (secondary N) is 1. The highest BCUT2D eigenvalue weighted by Crippen LogP contribution is 2.32. The van der Waals surface area contributed by atoms with Gasteiger partial charge in [0, 0.05) is 37.6 Å². The minimum atomic E-state index is 0.132. The number of imidazole rings is 1. The Labute approximate surface area is 124 Å². The van der Waals surface area contributed by atoms with Crippen LogP contribution in [-0.2, 0) is 17.8 Å². The Hall–Kier alpha value is -2.30. The van der Waals surface area contributed by atoms with Crippen molar-refractivity contribution in [2.75, 3.05) is 23.4 Å². The first-order valence-corrected chi connectivity index (χ1v) is 7.30. The fraction of sp³-hybridized carbons (Fsp3) is 0.375. The normalized spacial score (nSPS) is 13.3. The fourth-order valence-corrected chi connectivity index (χ4v) is 2.76. The second-order valence-corrected chi connectivity index (χ2v) is 5.37. The van der Waals surface area contributed by atoms with Crippen molar-refractivity contribution in [2.45, 2.75) is 26.3 Å². The zero-order valence-electron chi connectivity index (χ0n) is 12.5. The number of amides is 1. The first kappa shape index (κ1) is 13.7. The Bertz CT molecular complexity index is 636. The number of aromatic amines is 1. The van der Waals surface area contributed by atoms with Gasteiger partial charge in [0.2, 0.25) is 5.91 Å². The third-order valence-corrected chi connectivity index (χ3v) is 4.04. The van der Waals surface area contributed by atoms with Crippen molar-refractivity contribution in [1.29, 1.82) is 0 Å². The largest absolute Gasteiger partial charge is 0.365 e. The van der Waals surface area contributed by atoms with E-state index < -0.39 is 0 Å². The first-order chi connectivity index (χ1) is 10.2. The number of carbonyl (C=O) groups is 1.